The van der Waals surface area contributed by atoms with E-state index in [4.69, 9.17) is 18.9 Å². The summed E-state index contributed by atoms with van der Waals surface area (Å²) in [5, 5.41) is 0. The summed E-state index contributed by atoms with van der Waals surface area (Å²) in [6.07, 6.45) is 5.10. The van der Waals surface area contributed by atoms with E-state index in [1.54, 1.807) is 7.11 Å². The molecule has 1 fully saturated rings. The lowest BCUT2D eigenvalue weighted by atomic mass is 9.68. The molecule has 0 heterocycles. The molecule has 0 aromatic heterocycles. The van der Waals surface area contributed by atoms with E-state index in [9.17, 15) is 4.79 Å². The van der Waals surface area contributed by atoms with Gasteiger partial charge in [-0.1, -0.05) is 78.4 Å². The van der Waals surface area contributed by atoms with Crippen molar-refractivity contribution >= 4 is 5.97 Å². The summed E-state index contributed by atoms with van der Waals surface area (Å²) in [5.74, 6) is -0.758. The molecule has 2 aromatic carbocycles. The second-order valence-corrected chi connectivity index (χ2v) is 8.68. The van der Waals surface area contributed by atoms with E-state index in [2.05, 4.69) is 12.7 Å². The molecular formula is C29H36O5. The first-order valence-electron chi connectivity index (χ1n) is 11.8. The summed E-state index contributed by atoms with van der Waals surface area (Å²) in [7, 11) is 3.08. The fourth-order valence-electron chi connectivity index (χ4n) is 4.83. The molecular weight excluding hydrogens is 428 g/mol. The average Bonchev–Trinajstić information content (AvgIpc) is 2.89. The standard InChI is InChI=1S/C29H36O5/c1-5-6-13-22(2)26-27(31-3)25(33-20-23-14-9-7-10-15-23)18-19-29(26,28(30)32-4)34-21-24-16-11-8-12-17-24/h5,7-17,25-27H,1,6,18-21H2,2-4H3/b22-13+/t25-,26+,27-,29-/m1/s1. The molecule has 1 aliphatic carbocycles. The van der Waals surface area contributed by atoms with Crippen LogP contribution in [0, 0.1) is 5.92 Å². The topological polar surface area (TPSA) is 54.0 Å². The molecule has 0 amide bonds. The van der Waals surface area contributed by atoms with E-state index in [0.29, 0.717) is 32.5 Å². The Morgan fingerprint density at radius 1 is 1.03 bits per heavy atom. The lowest BCUT2D eigenvalue weighted by molar-refractivity contribution is -0.212. The van der Waals surface area contributed by atoms with Gasteiger partial charge in [0.1, 0.15) is 0 Å². The van der Waals surface area contributed by atoms with Crippen molar-refractivity contribution in [2.24, 2.45) is 5.92 Å². The SMILES string of the molecule is C=CC/C=C(\C)[C@H]1[C@H](OC)[C@H](OCc2ccccc2)CC[C@]1(OCc1ccccc1)C(=O)OC. The molecule has 3 rings (SSSR count). The fourth-order valence-corrected chi connectivity index (χ4v) is 4.83. The number of carbonyl (C=O) groups excluding carboxylic acids is 1. The van der Waals surface area contributed by atoms with E-state index in [1.165, 1.54) is 7.11 Å². The third-order valence-electron chi connectivity index (χ3n) is 6.54. The normalized spacial score (nSPS) is 25.0. The monoisotopic (exact) mass is 464 g/mol. The smallest absolute Gasteiger partial charge is 0.338 e. The van der Waals surface area contributed by atoms with Gasteiger partial charge in [-0.3, -0.25) is 0 Å². The molecule has 1 saturated carbocycles. The van der Waals surface area contributed by atoms with Crippen molar-refractivity contribution in [1.29, 1.82) is 0 Å². The lowest BCUT2D eigenvalue weighted by Gasteiger charge is -2.48. The van der Waals surface area contributed by atoms with Crippen molar-refractivity contribution in [3.05, 3.63) is 96.1 Å². The second kappa shape index (κ2) is 12.7. The van der Waals surface area contributed by atoms with E-state index in [0.717, 1.165) is 16.7 Å². The minimum Gasteiger partial charge on any atom is -0.467 e. The summed E-state index contributed by atoms with van der Waals surface area (Å²) < 4.78 is 24.2. The third kappa shape index (κ3) is 6.03. The van der Waals surface area contributed by atoms with E-state index in [-0.39, 0.29) is 24.1 Å². The fraction of sp³-hybridized carbons (Fsp3) is 0.414. The highest BCUT2D eigenvalue weighted by molar-refractivity contribution is 5.81. The van der Waals surface area contributed by atoms with E-state index < -0.39 is 5.60 Å². The Hall–Kier alpha value is -2.73. The number of rotatable bonds is 11. The first kappa shape index (κ1) is 25.9. The zero-order chi connectivity index (χ0) is 24.4. The van der Waals surface area contributed by atoms with Crippen molar-refractivity contribution in [2.45, 2.75) is 57.2 Å². The molecule has 0 aliphatic heterocycles. The number of hydrogen-bond donors (Lipinski definition) is 0. The van der Waals surface area contributed by atoms with Gasteiger partial charge in [0.25, 0.3) is 0 Å². The Morgan fingerprint density at radius 3 is 2.21 bits per heavy atom. The number of methoxy groups -OCH3 is 2. The molecule has 1 aliphatic rings. The van der Waals surface area contributed by atoms with Crippen molar-refractivity contribution < 1.29 is 23.7 Å². The number of esters is 1. The highest BCUT2D eigenvalue weighted by Crippen LogP contribution is 2.45. The highest BCUT2D eigenvalue weighted by Gasteiger charge is 2.57. The van der Waals surface area contributed by atoms with Crippen LogP contribution in [0.25, 0.3) is 0 Å². The van der Waals surface area contributed by atoms with Gasteiger partial charge >= 0.3 is 5.97 Å². The maximum atomic E-state index is 13.4. The summed E-state index contributed by atoms with van der Waals surface area (Å²) in [6.45, 7) is 6.63. The molecule has 0 saturated heterocycles. The van der Waals surface area contributed by atoms with Gasteiger partial charge < -0.3 is 18.9 Å². The maximum absolute atomic E-state index is 13.4. The summed E-state index contributed by atoms with van der Waals surface area (Å²) in [6, 6.07) is 19.9. The molecule has 0 bridgehead atoms. The first-order chi connectivity index (χ1) is 16.6. The number of hydrogen-bond acceptors (Lipinski definition) is 5. The highest BCUT2D eigenvalue weighted by atomic mass is 16.6. The van der Waals surface area contributed by atoms with Gasteiger partial charge in [0.2, 0.25) is 0 Å². The first-order valence-corrected chi connectivity index (χ1v) is 11.8. The van der Waals surface area contributed by atoms with Crippen LogP contribution < -0.4 is 0 Å². The predicted octanol–water partition coefficient (Wildman–Crippen LogP) is 5.65. The van der Waals surface area contributed by atoms with Crippen LogP contribution in [0.3, 0.4) is 0 Å². The molecule has 5 heteroatoms. The Morgan fingerprint density at radius 2 is 1.65 bits per heavy atom. The van der Waals surface area contributed by atoms with Gasteiger partial charge in [-0.25, -0.2) is 4.79 Å². The minimum absolute atomic E-state index is 0.194. The van der Waals surface area contributed by atoms with Crippen LogP contribution in [0.4, 0.5) is 0 Å². The minimum atomic E-state index is -1.18. The largest absolute Gasteiger partial charge is 0.467 e. The van der Waals surface area contributed by atoms with Crippen LogP contribution >= 0.6 is 0 Å². The second-order valence-electron chi connectivity index (χ2n) is 8.68. The predicted molar refractivity (Wildman–Crippen MR) is 133 cm³/mol. The number of benzene rings is 2. The van der Waals surface area contributed by atoms with Gasteiger partial charge in [0.15, 0.2) is 5.60 Å². The van der Waals surface area contributed by atoms with Crippen molar-refractivity contribution in [2.75, 3.05) is 14.2 Å². The maximum Gasteiger partial charge on any atom is 0.338 e. The number of carbonyl (C=O) groups is 1. The van der Waals surface area contributed by atoms with Crippen molar-refractivity contribution in [3.8, 4) is 0 Å². The van der Waals surface area contributed by atoms with Crippen LogP contribution in [0.15, 0.2) is 85.0 Å². The van der Waals surface area contributed by atoms with Crippen LogP contribution in [0.1, 0.15) is 37.3 Å². The number of allylic oxidation sites excluding steroid dienone is 2. The summed E-state index contributed by atoms with van der Waals surface area (Å²) in [5.41, 5.74) is 1.91. The molecule has 34 heavy (non-hydrogen) atoms. The van der Waals surface area contributed by atoms with Gasteiger partial charge in [-0.15, -0.1) is 6.58 Å². The molecule has 5 nitrogen and oxygen atoms in total. The zero-order valence-corrected chi connectivity index (χ0v) is 20.4. The molecule has 2 aromatic rings. The average molecular weight is 465 g/mol. The zero-order valence-electron chi connectivity index (χ0n) is 20.4. The summed E-state index contributed by atoms with van der Waals surface area (Å²) in [4.78, 5) is 13.4. The third-order valence-corrected chi connectivity index (χ3v) is 6.54. The number of ether oxygens (including phenoxy) is 4. The Bertz CT molecular complexity index is 940. The molecule has 0 spiro atoms. The van der Waals surface area contributed by atoms with E-state index >= 15 is 0 Å². The molecule has 0 N–H and O–H groups in total. The van der Waals surface area contributed by atoms with Gasteiger partial charge in [-0.05, 0) is 37.3 Å². The molecule has 182 valence electrons. The van der Waals surface area contributed by atoms with E-state index in [1.807, 2.05) is 73.7 Å². The van der Waals surface area contributed by atoms with Crippen molar-refractivity contribution in [1.82, 2.24) is 0 Å². The Kier molecular flexibility index (Phi) is 9.63. The lowest BCUT2D eigenvalue weighted by Crippen LogP contribution is -2.60. The van der Waals surface area contributed by atoms with Crippen LogP contribution in [-0.2, 0) is 37.0 Å². The van der Waals surface area contributed by atoms with Gasteiger partial charge in [-0.2, -0.15) is 0 Å². The quantitative estimate of drug-likeness (QED) is 0.318. The van der Waals surface area contributed by atoms with Gasteiger partial charge in [0, 0.05) is 13.0 Å². The summed E-state index contributed by atoms with van der Waals surface area (Å²) >= 11 is 0. The Labute approximate surface area is 203 Å². The van der Waals surface area contributed by atoms with Gasteiger partial charge in [0.05, 0.1) is 32.5 Å². The van der Waals surface area contributed by atoms with Crippen molar-refractivity contribution in [3.63, 3.8) is 0 Å². The Balaban J connectivity index is 1.94. The molecule has 0 radical (unpaired) electrons. The van der Waals surface area contributed by atoms with Crippen LogP contribution in [-0.4, -0.2) is 38.0 Å². The van der Waals surface area contributed by atoms with Crippen LogP contribution in [0.5, 0.6) is 0 Å². The molecule has 4 atom stereocenters. The van der Waals surface area contributed by atoms with Crippen LogP contribution in [0.2, 0.25) is 0 Å². The molecule has 0 unspecified atom stereocenters.